The number of carbonyl (C=O) groups excluding carboxylic acids is 1. The lowest BCUT2D eigenvalue weighted by Gasteiger charge is -2.23. The van der Waals surface area contributed by atoms with Gasteiger partial charge in [-0.15, -0.1) is 11.3 Å². The van der Waals surface area contributed by atoms with E-state index in [2.05, 4.69) is 17.6 Å². The average molecular weight is 519 g/mol. The second kappa shape index (κ2) is 12.6. The topological polar surface area (TPSA) is 130 Å². The molecule has 0 fully saturated rings. The van der Waals surface area contributed by atoms with Gasteiger partial charge >= 0.3 is 16.4 Å². The molecule has 4 N–H and O–H groups in total. The van der Waals surface area contributed by atoms with E-state index in [-0.39, 0.29) is 17.8 Å². The number of carbonyl (C=O) groups is 1. The summed E-state index contributed by atoms with van der Waals surface area (Å²) in [5, 5.41) is 9.42. The molecule has 2 atom stereocenters. The molecule has 0 radical (unpaired) electrons. The van der Waals surface area contributed by atoms with Crippen molar-refractivity contribution in [2.24, 2.45) is 0 Å². The Hall–Kier alpha value is -2.99. The molecule has 1 heterocycles. The van der Waals surface area contributed by atoms with Gasteiger partial charge in [0.25, 0.3) is 0 Å². The Morgan fingerprint density at radius 1 is 1.09 bits per heavy atom. The summed E-state index contributed by atoms with van der Waals surface area (Å²) in [5.74, 6) is 0. The standard InChI is InChI=1S/C24H30N4O5S2/c1-3-19-16-34-23(26-19)22(14-18-9-11-20(12-10-18)28-35(30,31)32)25-15-21(27-24(29)33-2)13-17-7-5-4-6-8-17/h4-12,16,21-22,25,28H,3,13-15H2,1-2H3,(H,27,29)(H,30,31,32)/t21-,22-/m0/s1. The quantitative estimate of drug-likeness (QED) is 0.269. The van der Waals surface area contributed by atoms with Crippen molar-refractivity contribution in [3.63, 3.8) is 0 Å². The van der Waals surface area contributed by atoms with Crippen LogP contribution in [-0.4, -0.2) is 43.7 Å². The Balaban J connectivity index is 1.75. The van der Waals surface area contributed by atoms with Crippen LogP contribution >= 0.6 is 11.3 Å². The first-order valence-electron chi connectivity index (χ1n) is 11.2. The van der Waals surface area contributed by atoms with Gasteiger partial charge in [0.1, 0.15) is 5.01 Å². The van der Waals surface area contributed by atoms with Crippen LogP contribution in [0.2, 0.25) is 0 Å². The van der Waals surface area contributed by atoms with Crippen LogP contribution in [-0.2, 0) is 34.3 Å². The van der Waals surface area contributed by atoms with Crippen molar-refractivity contribution < 1.29 is 22.5 Å². The number of ether oxygens (including phenoxy) is 1. The molecule has 11 heteroatoms. The van der Waals surface area contributed by atoms with Gasteiger partial charge in [-0.25, -0.2) is 9.78 Å². The molecule has 0 unspecified atom stereocenters. The summed E-state index contributed by atoms with van der Waals surface area (Å²) in [6, 6.07) is 16.3. The van der Waals surface area contributed by atoms with Gasteiger partial charge in [0, 0.05) is 18.0 Å². The number of nitrogens with one attached hydrogen (secondary N) is 3. The fraction of sp³-hybridized carbons (Fsp3) is 0.333. The first-order valence-corrected chi connectivity index (χ1v) is 13.5. The number of aryl methyl sites for hydroxylation is 1. The number of benzene rings is 2. The Morgan fingerprint density at radius 2 is 1.77 bits per heavy atom. The molecule has 0 bridgehead atoms. The summed E-state index contributed by atoms with van der Waals surface area (Å²) < 4.78 is 37.9. The zero-order valence-corrected chi connectivity index (χ0v) is 21.2. The van der Waals surface area contributed by atoms with E-state index < -0.39 is 16.4 Å². The van der Waals surface area contributed by atoms with Gasteiger partial charge in [-0.05, 0) is 42.5 Å². The number of methoxy groups -OCH3 is 1. The van der Waals surface area contributed by atoms with E-state index in [0.29, 0.717) is 19.4 Å². The van der Waals surface area contributed by atoms with Gasteiger partial charge in [0.2, 0.25) is 0 Å². The van der Waals surface area contributed by atoms with Crippen molar-refractivity contribution in [2.45, 2.75) is 38.3 Å². The number of hydrogen-bond acceptors (Lipinski definition) is 7. The van der Waals surface area contributed by atoms with E-state index in [1.807, 2.05) is 40.4 Å². The molecule has 35 heavy (non-hydrogen) atoms. The minimum absolute atomic E-state index is 0.126. The van der Waals surface area contributed by atoms with Crippen molar-refractivity contribution in [1.29, 1.82) is 0 Å². The first-order chi connectivity index (χ1) is 16.8. The SMILES string of the molecule is CCc1csc([C@H](Cc2ccc(NS(=O)(=O)O)cc2)NC[C@H](Cc2ccccc2)NC(=O)OC)n1. The highest BCUT2D eigenvalue weighted by atomic mass is 32.2. The van der Waals surface area contributed by atoms with Crippen LogP contribution in [0.15, 0.2) is 60.0 Å². The zero-order valence-electron chi connectivity index (χ0n) is 19.6. The van der Waals surface area contributed by atoms with Gasteiger partial charge in [-0.3, -0.25) is 9.27 Å². The number of alkyl carbamates (subject to hydrolysis) is 1. The third kappa shape index (κ3) is 8.95. The minimum Gasteiger partial charge on any atom is -0.453 e. The number of anilines is 1. The maximum atomic E-state index is 12.0. The molecule has 9 nitrogen and oxygen atoms in total. The fourth-order valence-corrected chi connectivity index (χ4v) is 4.98. The molecular formula is C24H30N4O5S2. The highest BCUT2D eigenvalue weighted by molar-refractivity contribution is 7.87. The molecule has 0 aliphatic heterocycles. The molecule has 0 spiro atoms. The Bertz CT molecular complexity index is 1180. The number of amides is 1. The van der Waals surface area contributed by atoms with Crippen molar-refractivity contribution >= 4 is 33.4 Å². The minimum atomic E-state index is -4.33. The van der Waals surface area contributed by atoms with Gasteiger partial charge in [0.15, 0.2) is 0 Å². The van der Waals surface area contributed by atoms with Crippen LogP contribution in [0.25, 0.3) is 0 Å². The van der Waals surface area contributed by atoms with Gasteiger partial charge in [-0.1, -0.05) is 49.4 Å². The third-order valence-electron chi connectivity index (χ3n) is 5.31. The monoisotopic (exact) mass is 518 g/mol. The van der Waals surface area contributed by atoms with Gasteiger partial charge in [-0.2, -0.15) is 8.42 Å². The number of rotatable bonds is 12. The van der Waals surface area contributed by atoms with Crippen molar-refractivity contribution in [1.82, 2.24) is 15.6 Å². The van der Waals surface area contributed by atoms with Crippen LogP contribution in [0.3, 0.4) is 0 Å². The summed E-state index contributed by atoms with van der Waals surface area (Å²) >= 11 is 1.58. The van der Waals surface area contributed by atoms with Crippen LogP contribution in [0.4, 0.5) is 10.5 Å². The van der Waals surface area contributed by atoms with Crippen molar-refractivity contribution in [3.8, 4) is 0 Å². The molecule has 1 amide bonds. The van der Waals surface area contributed by atoms with Crippen molar-refractivity contribution in [3.05, 3.63) is 81.8 Å². The predicted octanol–water partition coefficient (Wildman–Crippen LogP) is 3.76. The predicted molar refractivity (Wildman–Crippen MR) is 137 cm³/mol. The Kier molecular flexibility index (Phi) is 9.61. The lowest BCUT2D eigenvalue weighted by molar-refractivity contribution is 0.166. The van der Waals surface area contributed by atoms with E-state index in [1.165, 1.54) is 7.11 Å². The number of nitrogens with zero attached hydrogens (tertiary/aromatic N) is 1. The molecule has 3 rings (SSSR count). The molecule has 3 aromatic rings. The third-order valence-corrected chi connectivity index (χ3v) is 6.81. The molecule has 0 saturated carbocycles. The molecule has 1 aromatic heterocycles. The number of aromatic nitrogens is 1. The lowest BCUT2D eigenvalue weighted by atomic mass is 10.0. The number of thiazole rings is 1. The van der Waals surface area contributed by atoms with Crippen LogP contribution in [0, 0.1) is 0 Å². The average Bonchev–Trinajstić information content (AvgIpc) is 3.31. The van der Waals surface area contributed by atoms with E-state index in [1.54, 1.807) is 35.6 Å². The number of hydrogen-bond donors (Lipinski definition) is 4. The summed E-state index contributed by atoms with van der Waals surface area (Å²) in [4.78, 5) is 16.7. The molecule has 0 aliphatic rings. The highest BCUT2D eigenvalue weighted by Gasteiger charge is 2.20. The molecule has 188 valence electrons. The summed E-state index contributed by atoms with van der Waals surface area (Å²) in [5.41, 5.74) is 3.33. The second-order valence-electron chi connectivity index (χ2n) is 7.99. The lowest BCUT2D eigenvalue weighted by Crippen LogP contribution is -2.44. The summed E-state index contributed by atoms with van der Waals surface area (Å²) in [7, 11) is -2.99. The first kappa shape index (κ1) is 26.6. The Labute approximate surface area is 209 Å². The molecule has 2 aromatic carbocycles. The van der Waals surface area contributed by atoms with E-state index in [0.717, 1.165) is 28.2 Å². The molecule has 0 saturated heterocycles. The fourth-order valence-electron chi connectivity index (χ4n) is 3.57. The molecular weight excluding hydrogens is 488 g/mol. The van der Waals surface area contributed by atoms with E-state index in [9.17, 15) is 13.2 Å². The smallest absolute Gasteiger partial charge is 0.407 e. The maximum Gasteiger partial charge on any atom is 0.407 e. The normalized spacial score (nSPS) is 13.1. The molecule has 0 aliphatic carbocycles. The van der Waals surface area contributed by atoms with E-state index >= 15 is 0 Å². The van der Waals surface area contributed by atoms with E-state index in [4.69, 9.17) is 14.3 Å². The van der Waals surface area contributed by atoms with Gasteiger partial charge in [0.05, 0.1) is 24.5 Å². The van der Waals surface area contributed by atoms with Crippen LogP contribution < -0.4 is 15.4 Å². The van der Waals surface area contributed by atoms with Crippen LogP contribution in [0.1, 0.15) is 34.8 Å². The largest absolute Gasteiger partial charge is 0.453 e. The summed E-state index contributed by atoms with van der Waals surface area (Å²) in [6.07, 6.45) is 1.57. The van der Waals surface area contributed by atoms with Crippen LogP contribution in [0.5, 0.6) is 0 Å². The van der Waals surface area contributed by atoms with Crippen molar-refractivity contribution in [2.75, 3.05) is 18.4 Å². The highest BCUT2D eigenvalue weighted by Crippen LogP contribution is 2.24. The Morgan fingerprint density at radius 3 is 2.37 bits per heavy atom. The van der Waals surface area contributed by atoms with Gasteiger partial charge < -0.3 is 15.4 Å². The summed E-state index contributed by atoms with van der Waals surface area (Å²) in [6.45, 7) is 2.54. The maximum absolute atomic E-state index is 12.0. The zero-order chi connectivity index (χ0) is 25.3. The second-order valence-corrected chi connectivity index (χ2v) is 10.0.